The van der Waals surface area contributed by atoms with Crippen LogP contribution in [-0.2, 0) is 0 Å². The van der Waals surface area contributed by atoms with Gasteiger partial charge in [0, 0.05) is 25.2 Å². The van der Waals surface area contributed by atoms with Gasteiger partial charge in [-0.25, -0.2) is 0 Å². The molecule has 0 aromatic rings. The Morgan fingerprint density at radius 3 is 2.67 bits per heavy atom. The highest BCUT2D eigenvalue weighted by Gasteiger charge is 2.40. The van der Waals surface area contributed by atoms with Gasteiger partial charge >= 0.3 is 0 Å². The average molecular weight is 168 g/mol. The van der Waals surface area contributed by atoms with E-state index in [-0.39, 0.29) is 0 Å². The zero-order chi connectivity index (χ0) is 8.72. The monoisotopic (exact) mass is 168 g/mol. The van der Waals surface area contributed by atoms with E-state index in [1.54, 1.807) is 0 Å². The molecule has 2 aliphatic heterocycles. The van der Waals surface area contributed by atoms with Crippen LogP contribution in [0.4, 0.5) is 0 Å². The van der Waals surface area contributed by atoms with E-state index in [4.69, 9.17) is 0 Å². The van der Waals surface area contributed by atoms with Gasteiger partial charge in [0.2, 0.25) is 0 Å². The lowest BCUT2D eigenvalue weighted by Gasteiger charge is -2.22. The smallest absolute Gasteiger partial charge is 0.00829 e. The third kappa shape index (κ3) is 1.27. The Labute approximate surface area is 75.3 Å². The Bertz CT molecular complexity index is 167. The van der Waals surface area contributed by atoms with Crippen LogP contribution in [0.1, 0.15) is 20.8 Å². The van der Waals surface area contributed by atoms with Crippen molar-refractivity contribution in [3.8, 4) is 0 Å². The van der Waals surface area contributed by atoms with Gasteiger partial charge < -0.3 is 10.2 Å². The Hall–Kier alpha value is -0.0800. The number of nitrogens with one attached hydrogen (secondary N) is 1. The third-order valence-electron chi connectivity index (χ3n) is 3.59. The molecule has 0 aromatic carbocycles. The molecule has 2 fully saturated rings. The van der Waals surface area contributed by atoms with Crippen LogP contribution in [0.3, 0.4) is 0 Å². The van der Waals surface area contributed by atoms with E-state index in [0.29, 0.717) is 0 Å². The van der Waals surface area contributed by atoms with Crippen LogP contribution in [0.25, 0.3) is 0 Å². The number of rotatable bonds is 1. The summed E-state index contributed by atoms with van der Waals surface area (Å²) in [4.78, 5) is 2.62. The molecule has 2 heteroatoms. The molecule has 2 rings (SSSR count). The van der Waals surface area contributed by atoms with Crippen LogP contribution in [0.5, 0.6) is 0 Å². The summed E-state index contributed by atoms with van der Waals surface area (Å²) in [5, 5.41) is 3.55. The first-order valence-electron chi connectivity index (χ1n) is 5.16. The number of fused-ring (bicyclic) bond motifs is 1. The SMILES string of the molecule is CC1NCC2CN(C(C)C)CC21. The van der Waals surface area contributed by atoms with E-state index in [1.165, 1.54) is 19.6 Å². The van der Waals surface area contributed by atoms with Crippen LogP contribution in [-0.4, -0.2) is 36.6 Å². The van der Waals surface area contributed by atoms with Crippen LogP contribution in [0, 0.1) is 11.8 Å². The van der Waals surface area contributed by atoms with Gasteiger partial charge in [0.25, 0.3) is 0 Å². The third-order valence-corrected chi connectivity index (χ3v) is 3.59. The number of hydrogen-bond donors (Lipinski definition) is 1. The quantitative estimate of drug-likeness (QED) is 0.627. The number of nitrogens with zero attached hydrogens (tertiary/aromatic N) is 1. The molecule has 0 aromatic heterocycles. The zero-order valence-corrected chi connectivity index (χ0v) is 8.38. The average Bonchev–Trinajstić information content (AvgIpc) is 2.53. The maximum absolute atomic E-state index is 3.55. The van der Waals surface area contributed by atoms with Crippen molar-refractivity contribution >= 4 is 0 Å². The molecular formula is C10H20N2. The van der Waals surface area contributed by atoms with Crippen LogP contribution >= 0.6 is 0 Å². The fourth-order valence-corrected chi connectivity index (χ4v) is 2.62. The minimum absolute atomic E-state index is 0.739. The van der Waals surface area contributed by atoms with Crippen LogP contribution in [0.2, 0.25) is 0 Å². The van der Waals surface area contributed by atoms with Gasteiger partial charge in [0.15, 0.2) is 0 Å². The van der Waals surface area contributed by atoms with Gasteiger partial charge in [-0.05, 0) is 39.2 Å². The van der Waals surface area contributed by atoms with E-state index < -0.39 is 0 Å². The minimum atomic E-state index is 0.739. The molecule has 0 bridgehead atoms. The maximum Gasteiger partial charge on any atom is 0.00829 e. The van der Waals surface area contributed by atoms with Gasteiger partial charge in [-0.15, -0.1) is 0 Å². The summed E-state index contributed by atoms with van der Waals surface area (Å²) < 4.78 is 0. The summed E-state index contributed by atoms with van der Waals surface area (Å²) in [5.74, 6) is 1.86. The van der Waals surface area contributed by atoms with E-state index >= 15 is 0 Å². The van der Waals surface area contributed by atoms with Gasteiger partial charge in [-0.1, -0.05) is 0 Å². The molecule has 3 atom stereocenters. The summed E-state index contributed by atoms with van der Waals surface area (Å²) in [6.07, 6.45) is 0. The molecule has 0 aliphatic carbocycles. The highest BCUT2D eigenvalue weighted by Crippen LogP contribution is 2.31. The lowest BCUT2D eigenvalue weighted by atomic mass is 9.95. The van der Waals surface area contributed by atoms with Gasteiger partial charge in [-0.3, -0.25) is 0 Å². The molecule has 0 spiro atoms. The molecule has 12 heavy (non-hydrogen) atoms. The first-order chi connectivity index (χ1) is 5.68. The molecule has 2 nitrogen and oxygen atoms in total. The fraction of sp³-hybridized carbons (Fsp3) is 1.00. The fourth-order valence-electron chi connectivity index (χ4n) is 2.62. The summed E-state index contributed by atoms with van der Waals surface area (Å²) in [6.45, 7) is 10.8. The van der Waals surface area contributed by atoms with E-state index in [2.05, 4.69) is 31.0 Å². The second-order valence-electron chi connectivity index (χ2n) is 4.67. The standard InChI is InChI=1S/C10H20N2/c1-7(2)12-5-9-4-11-8(3)10(9)6-12/h7-11H,4-6H2,1-3H3. The summed E-state index contributed by atoms with van der Waals surface area (Å²) in [7, 11) is 0. The van der Waals surface area contributed by atoms with Crippen molar-refractivity contribution in [1.29, 1.82) is 0 Å². The second-order valence-corrected chi connectivity index (χ2v) is 4.67. The zero-order valence-electron chi connectivity index (χ0n) is 8.38. The van der Waals surface area contributed by atoms with Crippen molar-refractivity contribution in [2.24, 2.45) is 11.8 Å². The Morgan fingerprint density at radius 2 is 2.08 bits per heavy atom. The second kappa shape index (κ2) is 3.00. The molecule has 3 unspecified atom stereocenters. The molecular weight excluding hydrogens is 148 g/mol. The molecule has 2 aliphatic rings. The minimum Gasteiger partial charge on any atom is -0.314 e. The van der Waals surface area contributed by atoms with Crippen molar-refractivity contribution in [3.05, 3.63) is 0 Å². The predicted molar refractivity (Wildman–Crippen MR) is 51.2 cm³/mol. The van der Waals surface area contributed by atoms with Crippen molar-refractivity contribution in [1.82, 2.24) is 10.2 Å². The molecule has 1 N–H and O–H groups in total. The lowest BCUT2D eigenvalue weighted by molar-refractivity contribution is 0.250. The Kier molecular flexibility index (Phi) is 2.13. The van der Waals surface area contributed by atoms with Crippen molar-refractivity contribution in [3.63, 3.8) is 0 Å². The van der Waals surface area contributed by atoms with E-state index in [0.717, 1.165) is 23.9 Å². The van der Waals surface area contributed by atoms with Gasteiger partial charge in [-0.2, -0.15) is 0 Å². The molecule has 0 saturated carbocycles. The van der Waals surface area contributed by atoms with Gasteiger partial charge in [0.05, 0.1) is 0 Å². The first kappa shape index (κ1) is 8.52. The Balaban J connectivity index is 1.98. The van der Waals surface area contributed by atoms with Crippen molar-refractivity contribution < 1.29 is 0 Å². The summed E-state index contributed by atoms with van der Waals surface area (Å²) in [5.41, 5.74) is 0. The first-order valence-corrected chi connectivity index (χ1v) is 5.16. The molecule has 0 amide bonds. The normalized spacial score (nSPS) is 42.5. The summed E-state index contributed by atoms with van der Waals surface area (Å²) >= 11 is 0. The van der Waals surface area contributed by atoms with Crippen LogP contribution < -0.4 is 5.32 Å². The Morgan fingerprint density at radius 1 is 1.33 bits per heavy atom. The molecule has 70 valence electrons. The maximum atomic E-state index is 3.55. The predicted octanol–water partition coefficient (Wildman–Crippen LogP) is 0.934. The molecule has 2 saturated heterocycles. The molecule has 0 radical (unpaired) electrons. The van der Waals surface area contributed by atoms with E-state index in [1.807, 2.05) is 0 Å². The summed E-state index contributed by atoms with van der Waals surface area (Å²) in [6, 6.07) is 1.49. The van der Waals surface area contributed by atoms with Crippen LogP contribution in [0.15, 0.2) is 0 Å². The van der Waals surface area contributed by atoms with Crippen molar-refractivity contribution in [2.45, 2.75) is 32.9 Å². The lowest BCUT2D eigenvalue weighted by Crippen LogP contribution is -2.34. The topological polar surface area (TPSA) is 15.3 Å². The molecule has 2 heterocycles. The highest BCUT2D eigenvalue weighted by atomic mass is 15.2. The highest BCUT2D eigenvalue weighted by molar-refractivity contribution is 4.96. The number of likely N-dealkylation sites (tertiary alicyclic amines) is 1. The van der Waals surface area contributed by atoms with E-state index in [9.17, 15) is 0 Å². The number of hydrogen-bond acceptors (Lipinski definition) is 2. The largest absolute Gasteiger partial charge is 0.314 e. The van der Waals surface area contributed by atoms with Gasteiger partial charge in [0.1, 0.15) is 0 Å². The van der Waals surface area contributed by atoms with Crippen molar-refractivity contribution in [2.75, 3.05) is 19.6 Å².